The summed E-state index contributed by atoms with van der Waals surface area (Å²) in [6.07, 6.45) is 3.76. The van der Waals surface area contributed by atoms with E-state index in [0.717, 1.165) is 28.6 Å². The largest absolute Gasteiger partial charge is 0.447 e. The number of aromatic nitrogens is 1. The van der Waals surface area contributed by atoms with Crippen LogP contribution in [-0.4, -0.2) is 49.1 Å². The van der Waals surface area contributed by atoms with Crippen LogP contribution in [0.4, 0.5) is 10.5 Å². The number of fused-ring (bicyclic) bond motifs is 1. The fourth-order valence-corrected chi connectivity index (χ4v) is 3.88. The lowest BCUT2D eigenvalue weighted by molar-refractivity contribution is -0.129. The van der Waals surface area contributed by atoms with E-state index >= 15 is 0 Å². The minimum Gasteiger partial charge on any atom is -0.447 e. The highest BCUT2D eigenvalue weighted by Gasteiger charge is 2.19. The molecule has 0 aliphatic carbocycles. The van der Waals surface area contributed by atoms with Crippen LogP contribution in [0.3, 0.4) is 0 Å². The Kier molecular flexibility index (Phi) is 9.29. The van der Waals surface area contributed by atoms with E-state index in [4.69, 9.17) is 14.7 Å². The summed E-state index contributed by atoms with van der Waals surface area (Å²) in [4.78, 5) is 29.2. The maximum Gasteiger partial charge on any atom is 0.414 e. The molecule has 0 fully saturated rings. The van der Waals surface area contributed by atoms with Crippen LogP contribution in [0.15, 0.2) is 60.8 Å². The number of nitrogens with zero attached hydrogens (tertiary/aromatic N) is 1. The van der Waals surface area contributed by atoms with Crippen molar-refractivity contribution < 1.29 is 24.3 Å². The molecule has 0 saturated heterocycles. The second kappa shape index (κ2) is 12.6. The van der Waals surface area contributed by atoms with Gasteiger partial charge >= 0.3 is 6.09 Å². The summed E-state index contributed by atoms with van der Waals surface area (Å²) in [5.41, 5.74) is 4.63. The predicted molar refractivity (Wildman–Crippen MR) is 126 cm³/mol. The Morgan fingerprint density at radius 1 is 1.09 bits per heavy atom. The lowest BCUT2D eigenvalue weighted by Crippen LogP contribution is -2.33. The van der Waals surface area contributed by atoms with Gasteiger partial charge in [-0.3, -0.25) is 14.9 Å². The summed E-state index contributed by atoms with van der Waals surface area (Å²) in [6.45, 7) is 1.00. The number of carbonyl (C=O) groups is 2. The van der Waals surface area contributed by atoms with E-state index in [0.29, 0.717) is 26.0 Å². The van der Waals surface area contributed by atoms with E-state index in [-0.39, 0.29) is 18.9 Å². The number of anilines is 1. The Balaban J connectivity index is 1.69. The second-order valence-corrected chi connectivity index (χ2v) is 7.83. The van der Waals surface area contributed by atoms with Crippen LogP contribution in [0, 0.1) is 0 Å². The van der Waals surface area contributed by atoms with Crippen molar-refractivity contribution >= 4 is 28.6 Å². The summed E-state index contributed by atoms with van der Waals surface area (Å²) in [6, 6.07) is 17.7. The number of methoxy groups -OCH3 is 1. The second-order valence-electron chi connectivity index (χ2n) is 7.83. The van der Waals surface area contributed by atoms with Crippen molar-refractivity contribution in [3.05, 3.63) is 66.4 Å². The number of H-pyrrole nitrogens is 1. The number of carbonyl (C=O) groups excluding carboxylic acids is 2. The predicted octanol–water partition coefficient (Wildman–Crippen LogP) is 4.61. The SMILES string of the molecule is COCCOC(=O)N(CCCC(CCC(=O)NO)c1ccc2cc[nH]c2c1)c1ccccc1. The Morgan fingerprint density at radius 3 is 2.67 bits per heavy atom. The first-order chi connectivity index (χ1) is 16.1. The highest BCUT2D eigenvalue weighted by molar-refractivity contribution is 5.87. The van der Waals surface area contributed by atoms with Gasteiger partial charge in [-0.2, -0.15) is 0 Å². The van der Waals surface area contributed by atoms with Crippen molar-refractivity contribution in [2.24, 2.45) is 0 Å². The maximum absolute atomic E-state index is 12.7. The highest BCUT2D eigenvalue weighted by atomic mass is 16.6. The van der Waals surface area contributed by atoms with E-state index in [9.17, 15) is 9.59 Å². The van der Waals surface area contributed by atoms with E-state index < -0.39 is 12.0 Å². The summed E-state index contributed by atoms with van der Waals surface area (Å²) >= 11 is 0. The normalized spacial score (nSPS) is 11.8. The van der Waals surface area contributed by atoms with Gasteiger partial charge in [-0.05, 0) is 60.4 Å². The first-order valence-corrected chi connectivity index (χ1v) is 11.1. The summed E-state index contributed by atoms with van der Waals surface area (Å²) in [5, 5.41) is 10.0. The zero-order valence-electron chi connectivity index (χ0n) is 18.8. The van der Waals surface area contributed by atoms with Crippen LogP contribution >= 0.6 is 0 Å². The van der Waals surface area contributed by atoms with E-state index in [1.54, 1.807) is 17.5 Å². The van der Waals surface area contributed by atoms with Gasteiger partial charge in [0.25, 0.3) is 0 Å². The third kappa shape index (κ3) is 7.06. The van der Waals surface area contributed by atoms with Gasteiger partial charge in [0, 0.05) is 37.5 Å². The molecule has 0 aliphatic heterocycles. The standard InChI is InChI=1S/C25H31N3O5/c1-32-16-17-33-25(30)28(22-7-3-2-4-8-22)15-5-6-19(11-12-24(29)27-31)21-10-9-20-13-14-26-23(20)18-21/h2-4,7-10,13-14,18-19,26,31H,5-6,11-12,15-17H2,1H3,(H,27,29). The van der Waals surface area contributed by atoms with Crippen LogP contribution in [0.5, 0.6) is 0 Å². The molecule has 2 amide bonds. The lowest BCUT2D eigenvalue weighted by Gasteiger charge is -2.24. The summed E-state index contributed by atoms with van der Waals surface area (Å²) < 4.78 is 10.3. The molecule has 1 heterocycles. The van der Waals surface area contributed by atoms with Crippen LogP contribution in [-0.2, 0) is 14.3 Å². The molecule has 3 N–H and O–H groups in total. The van der Waals surface area contributed by atoms with Crippen molar-refractivity contribution in [2.45, 2.75) is 31.6 Å². The monoisotopic (exact) mass is 453 g/mol. The van der Waals surface area contributed by atoms with Crippen molar-refractivity contribution in [1.82, 2.24) is 10.5 Å². The number of hydrogen-bond donors (Lipinski definition) is 3. The zero-order chi connectivity index (χ0) is 23.5. The Morgan fingerprint density at radius 2 is 1.91 bits per heavy atom. The fourth-order valence-electron chi connectivity index (χ4n) is 3.88. The molecule has 3 rings (SSSR count). The third-order valence-corrected chi connectivity index (χ3v) is 5.63. The molecular weight excluding hydrogens is 422 g/mol. The van der Waals surface area contributed by atoms with Gasteiger partial charge in [0.2, 0.25) is 5.91 Å². The van der Waals surface area contributed by atoms with Crippen LogP contribution in [0.2, 0.25) is 0 Å². The van der Waals surface area contributed by atoms with Gasteiger partial charge in [0.1, 0.15) is 6.61 Å². The van der Waals surface area contributed by atoms with E-state index in [2.05, 4.69) is 23.2 Å². The molecule has 33 heavy (non-hydrogen) atoms. The average molecular weight is 454 g/mol. The van der Waals surface area contributed by atoms with E-state index in [1.807, 2.05) is 42.6 Å². The number of ether oxygens (including phenoxy) is 2. The molecule has 2 aromatic carbocycles. The number of rotatable bonds is 12. The molecule has 176 valence electrons. The Bertz CT molecular complexity index is 1020. The summed E-state index contributed by atoms with van der Waals surface area (Å²) in [5.74, 6) is -0.314. The van der Waals surface area contributed by atoms with Gasteiger partial charge in [-0.25, -0.2) is 10.3 Å². The molecule has 3 aromatic rings. The van der Waals surface area contributed by atoms with Crippen molar-refractivity contribution in [3.63, 3.8) is 0 Å². The Hall–Kier alpha value is -3.36. The number of hydroxylamine groups is 1. The average Bonchev–Trinajstić information content (AvgIpc) is 3.32. The van der Waals surface area contributed by atoms with Gasteiger partial charge in [-0.1, -0.05) is 30.3 Å². The van der Waals surface area contributed by atoms with Gasteiger partial charge in [-0.15, -0.1) is 0 Å². The van der Waals surface area contributed by atoms with Gasteiger partial charge in [0.15, 0.2) is 0 Å². The van der Waals surface area contributed by atoms with Crippen LogP contribution < -0.4 is 10.4 Å². The highest BCUT2D eigenvalue weighted by Crippen LogP contribution is 2.29. The molecule has 1 atom stereocenters. The molecular formula is C25H31N3O5. The molecule has 0 radical (unpaired) electrons. The molecule has 0 saturated carbocycles. The molecule has 8 nitrogen and oxygen atoms in total. The van der Waals surface area contributed by atoms with Crippen LogP contribution in [0.1, 0.15) is 37.2 Å². The quantitative estimate of drug-likeness (QED) is 0.211. The minimum absolute atomic E-state index is 0.0946. The third-order valence-electron chi connectivity index (χ3n) is 5.63. The van der Waals surface area contributed by atoms with Crippen molar-refractivity contribution in [1.29, 1.82) is 0 Å². The zero-order valence-corrected chi connectivity index (χ0v) is 18.8. The smallest absolute Gasteiger partial charge is 0.414 e. The van der Waals surface area contributed by atoms with Crippen molar-refractivity contribution in [2.75, 3.05) is 31.8 Å². The summed E-state index contributed by atoms with van der Waals surface area (Å²) in [7, 11) is 1.56. The number of amides is 2. The van der Waals surface area contributed by atoms with E-state index in [1.165, 1.54) is 0 Å². The first-order valence-electron chi connectivity index (χ1n) is 11.1. The molecule has 1 aromatic heterocycles. The number of benzene rings is 2. The number of hydrogen-bond acceptors (Lipinski definition) is 5. The number of aromatic amines is 1. The molecule has 1 unspecified atom stereocenters. The van der Waals surface area contributed by atoms with Gasteiger partial charge in [0.05, 0.1) is 6.61 Å². The topological polar surface area (TPSA) is 104 Å². The molecule has 8 heteroatoms. The van der Waals surface area contributed by atoms with Gasteiger partial charge < -0.3 is 14.5 Å². The molecule has 0 spiro atoms. The lowest BCUT2D eigenvalue weighted by atomic mass is 9.89. The maximum atomic E-state index is 12.7. The first kappa shape index (κ1) is 24.3. The minimum atomic E-state index is -0.415. The fraction of sp³-hybridized carbons (Fsp3) is 0.360. The molecule has 0 aliphatic rings. The number of para-hydroxylation sites is 1. The van der Waals surface area contributed by atoms with Crippen LogP contribution in [0.25, 0.3) is 10.9 Å². The Labute approximate surface area is 193 Å². The molecule has 0 bridgehead atoms. The number of nitrogens with one attached hydrogen (secondary N) is 2. The van der Waals surface area contributed by atoms with Crippen molar-refractivity contribution in [3.8, 4) is 0 Å².